The highest BCUT2D eigenvalue weighted by Gasteiger charge is 2.17. The number of benzene rings is 1. The molecule has 158 valence electrons. The number of aryl methyl sites for hydroxylation is 2. The van der Waals surface area contributed by atoms with Crippen LogP contribution in [0.25, 0.3) is 28.5 Å². The number of amides is 1. The molecule has 1 aromatic carbocycles. The maximum absolute atomic E-state index is 12.8. The molecule has 0 spiro atoms. The van der Waals surface area contributed by atoms with Gasteiger partial charge in [0, 0.05) is 27.2 Å². The van der Waals surface area contributed by atoms with E-state index in [-0.39, 0.29) is 11.5 Å². The first-order valence-electron chi connectivity index (χ1n) is 9.98. The fourth-order valence-corrected chi connectivity index (χ4v) is 3.21. The van der Waals surface area contributed by atoms with E-state index in [0.717, 1.165) is 24.1 Å². The number of likely N-dealkylation sites (N-methyl/N-ethyl adjacent to an activating group) is 1. The molecule has 2 aromatic heterocycles. The van der Waals surface area contributed by atoms with Gasteiger partial charge in [0.2, 0.25) is 5.91 Å². The molecule has 1 amide bonds. The standard InChI is InChI=1S/C22H27N5O3/c1-6-8-16-19-20(27(5)25-16)22(29)24-21(23-19)15-13-14(9-11-17(15)30-7-2)10-12-18(28)26(3)4/h9-13H,6-8H2,1-5H3,(H,23,24,29)/b12-10+. The van der Waals surface area contributed by atoms with E-state index in [1.165, 1.54) is 11.0 Å². The van der Waals surface area contributed by atoms with Crippen LogP contribution in [0.15, 0.2) is 29.1 Å². The lowest BCUT2D eigenvalue weighted by Crippen LogP contribution is -2.18. The molecule has 8 nitrogen and oxygen atoms in total. The molecule has 0 saturated carbocycles. The van der Waals surface area contributed by atoms with Gasteiger partial charge in [-0.3, -0.25) is 14.3 Å². The Labute approximate surface area is 175 Å². The van der Waals surface area contributed by atoms with Crippen LogP contribution in [0.4, 0.5) is 0 Å². The van der Waals surface area contributed by atoms with Gasteiger partial charge in [-0.2, -0.15) is 5.10 Å². The molecular weight excluding hydrogens is 382 g/mol. The molecule has 0 bridgehead atoms. The van der Waals surface area contributed by atoms with Crippen LogP contribution in [0.3, 0.4) is 0 Å². The van der Waals surface area contributed by atoms with Crippen molar-refractivity contribution in [1.82, 2.24) is 24.6 Å². The maximum atomic E-state index is 12.8. The Morgan fingerprint density at radius 3 is 2.73 bits per heavy atom. The van der Waals surface area contributed by atoms with E-state index >= 15 is 0 Å². The first kappa shape index (κ1) is 21.3. The lowest BCUT2D eigenvalue weighted by Gasteiger charge is -2.11. The number of rotatable bonds is 7. The minimum absolute atomic E-state index is 0.113. The fourth-order valence-electron chi connectivity index (χ4n) is 3.21. The summed E-state index contributed by atoms with van der Waals surface area (Å²) in [4.78, 5) is 33.8. The van der Waals surface area contributed by atoms with Crippen molar-refractivity contribution < 1.29 is 9.53 Å². The molecule has 0 unspecified atom stereocenters. The number of carbonyl (C=O) groups is 1. The van der Waals surface area contributed by atoms with E-state index in [1.54, 1.807) is 31.9 Å². The number of nitrogens with one attached hydrogen (secondary N) is 1. The smallest absolute Gasteiger partial charge is 0.277 e. The summed E-state index contributed by atoms with van der Waals surface area (Å²) >= 11 is 0. The number of H-pyrrole nitrogens is 1. The molecule has 30 heavy (non-hydrogen) atoms. The quantitative estimate of drug-likeness (QED) is 0.606. The molecule has 2 heterocycles. The van der Waals surface area contributed by atoms with Crippen LogP contribution in [0.5, 0.6) is 5.75 Å². The monoisotopic (exact) mass is 409 g/mol. The van der Waals surface area contributed by atoms with Crippen molar-refractivity contribution in [3.05, 3.63) is 45.9 Å². The van der Waals surface area contributed by atoms with Crippen LogP contribution < -0.4 is 10.3 Å². The van der Waals surface area contributed by atoms with E-state index in [1.807, 2.05) is 25.1 Å². The van der Waals surface area contributed by atoms with Crippen LogP contribution in [0.2, 0.25) is 0 Å². The van der Waals surface area contributed by atoms with Crippen LogP contribution in [-0.4, -0.2) is 51.3 Å². The summed E-state index contributed by atoms with van der Waals surface area (Å²) in [5, 5.41) is 4.47. The van der Waals surface area contributed by atoms with Gasteiger partial charge >= 0.3 is 0 Å². The molecule has 0 saturated heterocycles. The van der Waals surface area contributed by atoms with E-state index in [2.05, 4.69) is 17.0 Å². The first-order valence-corrected chi connectivity index (χ1v) is 9.98. The zero-order valence-corrected chi connectivity index (χ0v) is 18.0. The van der Waals surface area contributed by atoms with Gasteiger partial charge in [-0.15, -0.1) is 0 Å². The van der Waals surface area contributed by atoms with Crippen LogP contribution >= 0.6 is 0 Å². The molecular formula is C22H27N5O3. The second-order valence-corrected chi connectivity index (χ2v) is 7.19. The van der Waals surface area contributed by atoms with E-state index in [4.69, 9.17) is 9.72 Å². The van der Waals surface area contributed by atoms with Crippen LogP contribution in [0, 0.1) is 0 Å². The summed E-state index contributed by atoms with van der Waals surface area (Å²) in [6.07, 6.45) is 4.87. The summed E-state index contributed by atoms with van der Waals surface area (Å²) in [7, 11) is 5.14. The lowest BCUT2D eigenvalue weighted by molar-refractivity contribution is -0.123. The summed E-state index contributed by atoms with van der Waals surface area (Å²) in [6, 6.07) is 5.53. The average molecular weight is 409 g/mol. The summed E-state index contributed by atoms with van der Waals surface area (Å²) < 4.78 is 7.34. The van der Waals surface area contributed by atoms with Crippen molar-refractivity contribution >= 4 is 23.0 Å². The van der Waals surface area contributed by atoms with Crippen LogP contribution in [0.1, 0.15) is 31.5 Å². The van der Waals surface area contributed by atoms with Gasteiger partial charge in [0.05, 0.1) is 17.9 Å². The fraction of sp³-hybridized carbons (Fsp3) is 0.364. The number of hydrogen-bond donors (Lipinski definition) is 1. The first-order chi connectivity index (χ1) is 14.3. The van der Waals surface area contributed by atoms with Gasteiger partial charge in [0.15, 0.2) is 5.52 Å². The van der Waals surface area contributed by atoms with Crippen molar-refractivity contribution in [2.45, 2.75) is 26.7 Å². The number of hydrogen-bond acceptors (Lipinski definition) is 5. The van der Waals surface area contributed by atoms with Crippen molar-refractivity contribution in [3.8, 4) is 17.1 Å². The number of aromatic nitrogens is 4. The second-order valence-electron chi connectivity index (χ2n) is 7.19. The van der Waals surface area contributed by atoms with Gasteiger partial charge < -0.3 is 14.6 Å². The Hall–Kier alpha value is -3.42. The molecule has 0 aliphatic carbocycles. The molecule has 8 heteroatoms. The maximum Gasteiger partial charge on any atom is 0.277 e. The zero-order valence-electron chi connectivity index (χ0n) is 18.0. The minimum Gasteiger partial charge on any atom is -0.493 e. The van der Waals surface area contributed by atoms with E-state index in [9.17, 15) is 9.59 Å². The summed E-state index contributed by atoms with van der Waals surface area (Å²) in [5.74, 6) is 0.908. The number of fused-ring (bicyclic) bond motifs is 1. The Bertz CT molecular complexity index is 1160. The highest BCUT2D eigenvalue weighted by atomic mass is 16.5. The van der Waals surface area contributed by atoms with Crippen molar-refractivity contribution in [1.29, 1.82) is 0 Å². The third kappa shape index (κ3) is 4.27. The molecule has 3 rings (SSSR count). The van der Waals surface area contributed by atoms with Gasteiger partial charge in [-0.25, -0.2) is 4.98 Å². The van der Waals surface area contributed by atoms with Crippen molar-refractivity contribution in [2.75, 3.05) is 20.7 Å². The molecule has 3 aromatic rings. The van der Waals surface area contributed by atoms with E-state index < -0.39 is 0 Å². The predicted octanol–water partition coefficient (Wildman–Crippen LogP) is 2.78. The highest BCUT2D eigenvalue weighted by molar-refractivity contribution is 5.91. The summed E-state index contributed by atoms with van der Waals surface area (Å²) in [6.45, 7) is 4.43. The lowest BCUT2D eigenvalue weighted by atomic mass is 10.1. The van der Waals surface area contributed by atoms with Crippen molar-refractivity contribution in [3.63, 3.8) is 0 Å². The average Bonchev–Trinajstić information content (AvgIpc) is 3.03. The van der Waals surface area contributed by atoms with E-state index in [0.29, 0.717) is 34.8 Å². The second kappa shape index (κ2) is 8.94. The van der Waals surface area contributed by atoms with Gasteiger partial charge in [0.25, 0.3) is 5.56 Å². The summed E-state index contributed by atoms with van der Waals surface area (Å²) in [5.41, 5.74) is 3.05. The Morgan fingerprint density at radius 1 is 1.30 bits per heavy atom. The third-order valence-corrected chi connectivity index (χ3v) is 4.67. The Morgan fingerprint density at radius 2 is 2.07 bits per heavy atom. The Kier molecular flexibility index (Phi) is 6.34. The SMILES string of the molecule is CCCc1nn(C)c2c(=O)[nH]c(-c3cc(/C=C/C(=O)N(C)C)ccc3OCC)nc12. The topological polar surface area (TPSA) is 93.1 Å². The Balaban J connectivity index is 2.16. The molecule has 0 fully saturated rings. The molecule has 1 N–H and O–H groups in total. The third-order valence-electron chi connectivity index (χ3n) is 4.67. The van der Waals surface area contributed by atoms with Gasteiger partial charge in [-0.05, 0) is 37.1 Å². The molecule has 0 radical (unpaired) electrons. The minimum atomic E-state index is -0.251. The number of aromatic amines is 1. The zero-order chi connectivity index (χ0) is 21.8. The predicted molar refractivity (Wildman–Crippen MR) is 117 cm³/mol. The highest BCUT2D eigenvalue weighted by Crippen LogP contribution is 2.30. The van der Waals surface area contributed by atoms with Gasteiger partial charge in [-0.1, -0.05) is 19.4 Å². The normalized spacial score (nSPS) is 11.4. The number of carbonyl (C=O) groups excluding carboxylic acids is 1. The largest absolute Gasteiger partial charge is 0.493 e. The van der Waals surface area contributed by atoms with Crippen LogP contribution in [-0.2, 0) is 18.3 Å². The molecule has 0 aliphatic rings. The number of ether oxygens (including phenoxy) is 1. The molecule has 0 aliphatic heterocycles. The van der Waals surface area contributed by atoms with Gasteiger partial charge in [0.1, 0.15) is 17.1 Å². The number of nitrogens with zero attached hydrogens (tertiary/aromatic N) is 4. The molecule has 0 atom stereocenters. The van der Waals surface area contributed by atoms with Crippen molar-refractivity contribution in [2.24, 2.45) is 7.05 Å².